The minimum Gasteiger partial charge on any atom is -0.478 e. The van der Waals surface area contributed by atoms with Gasteiger partial charge in [-0.1, -0.05) is 0 Å². The standard InChI is InChI=1S/C7H4BrNO3/c8-6-2-9-4(3-10)1-5(6)7(11)12/h1-3H,(H,11,12). The molecular weight excluding hydrogens is 226 g/mol. The van der Waals surface area contributed by atoms with Gasteiger partial charge in [0.25, 0.3) is 0 Å². The fourth-order valence-electron chi connectivity index (χ4n) is 0.683. The Morgan fingerprint density at radius 1 is 1.67 bits per heavy atom. The van der Waals surface area contributed by atoms with Crippen molar-refractivity contribution in [3.63, 3.8) is 0 Å². The molecule has 0 saturated heterocycles. The minimum absolute atomic E-state index is 0.0344. The molecule has 1 N–H and O–H groups in total. The van der Waals surface area contributed by atoms with Crippen molar-refractivity contribution in [1.29, 1.82) is 0 Å². The zero-order valence-electron chi connectivity index (χ0n) is 5.82. The maximum absolute atomic E-state index is 10.5. The molecule has 0 spiro atoms. The van der Waals surface area contributed by atoms with Crippen molar-refractivity contribution >= 4 is 28.2 Å². The van der Waals surface area contributed by atoms with E-state index in [9.17, 15) is 9.59 Å². The van der Waals surface area contributed by atoms with Gasteiger partial charge < -0.3 is 5.11 Å². The molecule has 0 saturated carbocycles. The Bertz CT molecular complexity index is 337. The van der Waals surface area contributed by atoms with Gasteiger partial charge in [-0.2, -0.15) is 0 Å². The lowest BCUT2D eigenvalue weighted by atomic mass is 10.2. The van der Waals surface area contributed by atoms with Crippen molar-refractivity contribution in [2.75, 3.05) is 0 Å². The number of aldehydes is 1. The summed E-state index contributed by atoms with van der Waals surface area (Å²) >= 11 is 3.00. The molecule has 0 aliphatic heterocycles. The van der Waals surface area contributed by atoms with Crippen LogP contribution in [0.4, 0.5) is 0 Å². The number of hydrogen-bond acceptors (Lipinski definition) is 3. The molecule has 4 nitrogen and oxygen atoms in total. The zero-order chi connectivity index (χ0) is 9.14. The number of carbonyl (C=O) groups is 2. The monoisotopic (exact) mass is 229 g/mol. The Morgan fingerprint density at radius 3 is 2.83 bits per heavy atom. The molecule has 0 bridgehead atoms. The Labute approximate surface area is 76.4 Å². The summed E-state index contributed by atoms with van der Waals surface area (Å²) in [5, 5.41) is 8.61. The number of halogens is 1. The summed E-state index contributed by atoms with van der Waals surface area (Å²) in [5.74, 6) is -1.09. The molecule has 0 aromatic carbocycles. The van der Waals surface area contributed by atoms with Crippen LogP contribution in [-0.4, -0.2) is 22.3 Å². The number of rotatable bonds is 2. The van der Waals surface area contributed by atoms with E-state index >= 15 is 0 Å². The van der Waals surface area contributed by atoms with Crippen LogP contribution in [0.25, 0.3) is 0 Å². The molecule has 12 heavy (non-hydrogen) atoms. The van der Waals surface area contributed by atoms with Crippen molar-refractivity contribution in [1.82, 2.24) is 4.98 Å². The SMILES string of the molecule is O=Cc1cc(C(=O)O)c(Br)cn1. The molecule has 1 aromatic heterocycles. The van der Waals surface area contributed by atoms with E-state index in [0.717, 1.165) is 0 Å². The van der Waals surface area contributed by atoms with E-state index in [0.29, 0.717) is 10.8 Å². The highest BCUT2D eigenvalue weighted by atomic mass is 79.9. The van der Waals surface area contributed by atoms with Crippen LogP contribution in [-0.2, 0) is 0 Å². The Morgan fingerprint density at radius 2 is 2.33 bits per heavy atom. The van der Waals surface area contributed by atoms with Gasteiger partial charge in [-0.05, 0) is 22.0 Å². The average Bonchev–Trinajstić information content (AvgIpc) is 2.05. The summed E-state index contributed by atoms with van der Waals surface area (Å²) < 4.78 is 0.362. The molecule has 1 rings (SSSR count). The maximum Gasteiger partial charge on any atom is 0.336 e. The van der Waals surface area contributed by atoms with E-state index in [1.165, 1.54) is 12.3 Å². The highest BCUT2D eigenvalue weighted by molar-refractivity contribution is 9.10. The minimum atomic E-state index is -1.09. The lowest BCUT2D eigenvalue weighted by Crippen LogP contribution is -2.00. The van der Waals surface area contributed by atoms with Gasteiger partial charge in [-0.25, -0.2) is 4.79 Å². The highest BCUT2D eigenvalue weighted by Crippen LogP contribution is 2.15. The number of hydrogen-bond donors (Lipinski definition) is 1. The fraction of sp³-hybridized carbons (Fsp3) is 0. The highest BCUT2D eigenvalue weighted by Gasteiger charge is 2.08. The largest absolute Gasteiger partial charge is 0.478 e. The normalized spacial score (nSPS) is 9.42. The molecule has 0 aliphatic rings. The van der Waals surface area contributed by atoms with E-state index in [1.807, 2.05) is 0 Å². The predicted octanol–water partition coefficient (Wildman–Crippen LogP) is 1.35. The topological polar surface area (TPSA) is 67.3 Å². The Kier molecular flexibility index (Phi) is 2.54. The summed E-state index contributed by atoms with van der Waals surface area (Å²) in [4.78, 5) is 24.4. The Balaban J connectivity index is 3.25. The Hall–Kier alpha value is -1.23. The molecule has 0 amide bonds. The lowest BCUT2D eigenvalue weighted by Gasteiger charge is -1.97. The number of carboxylic acids is 1. The molecule has 5 heteroatoms. The molecule has 1 heterocycles. The second kappa shape index (κ2) is 3.44. The molecule has 1 aromatic rings. The molecule has 0 aliphatic carbocycles. The van der Waals surface area contributed by atoms with Crippen LogP contribution in [0.5, 0.6) is 0 Å². The number of nitrogens with zero attached hydrogens (tertiary/aromatic N) is 1. The third kappa shape index (κ3) is 1.68. The van der Waals surface area contributed by atoms with Gasteiger partial charge in [-0.3, -0.25) is 9.78 Å². The number of carbonyl (C=O) groups excluding carboxylic acids is 1. The van der Waals surface area contributed by atoms with E-state index in [2.05, 4.69) is 20.9 Å². The quantitative estimate of drug-likeness (QED) is 0.778. The molecule has 62 valence electrons. The summed E-state index contributed by atoms with van der Waals surface area (Å²) in [6, 6.07) is 1.21. The van der Waals surface area contributed by atoms with Crippen molar-refractivity contribution in [2.24, 2.45) is 0 Å². The van der Waals surface area contributed by atoms with Crippen molar-refractivity contribution < 1.29 is 14.7 Å². The van der Waals surface area contributed by atoms with E-state index in [4.69, 9.17) is 5.11 Å². The number of pyridine rings is 1. The summed E-state index contributed by atoms with van der Waals surface area (Å²) in [6.45, 7) is 0. The molecular formula is C7H4BrNO3. The van der Waals surface area contributed by atoms with Gasteiger partial charge in [0, 0.05) is 6.20 Å². The van der Waals surface area contributed by atoms with Crippen LogP contribution in [0.1, 0.15) is 20.8 Å². The van der Waals surface area contributed by atoms with Crippen molar-refractivity contribution in [2.45, 2.75) is 0 Å². The van der Waals surface area contributed by atoms with Crippen LogP contribution in [0.15, 0.2) is 16.7 Å². The summed E-state index contributed by atoms with van der Waals surface area (Å²) in [7, 11) is 0. The van der Waals surface area contributed by atoms with Gasteiger partial charge >= 0.3 is 5.97 Å². The first-order valence-corrected chi connectivity index (χ1v) is 3.78. The smallest absolute Gasteiger partial charge is 0.336 e. The number of aromatic carboxylic acids is 1. The van der Waals surface area contributed by atoms with Gasteiger partial charge in [0.1, 0.15) is 5.69 Å². The fourth-order valence-corrected chi connectivity index (χ4v) is 1.07. The summed E-state index contributed by atoms with van der Waals surface area (Å²) in [6.07, 6.45) is 1.78. The second-order valence-electron chi connectivity index (χ2n) is 2.01. The van der Waals surface area contributed by atoms with Crippen LogP contribution < -0.4 is 0 Å². The molecule has 0 fully saturated rings. The van der Waals surface area contributed by atoms with Crippen LogP contribution in [0.3, 0.4) is 0 Å². The predicted molar refractivity (Wildman–Crippen MR) is 44.3 cm³/mol. The van der Waals surface area contributed by atoms with Gasteiger partial charge in [-0.15, -0.1) is 0 Å². The maximum atomic E-state index is 10.5. The van der Waals surface area contributed by atoms with Gasteiger partial charge in [0.05, 0.1) is 10.0 Å². The van der Waals surface area contributed by atoms with Crippen LogP contribution in [0.2, 0.25) is 0 Å². The second-order valence-corrected chi connectivity index (χ2v) is 2.87. The van der Waals surface area contributed by atoms with Crippen molar-refractivity contribution in [3.05, 3.63) is 28.0 Å². The van der Waals surface area contributed by atoms with Crippen LogP contribution >= 0.6 is 15.9 Å². The number of carboxylic acid groups (broad SMARTS) is 1. The first kappa shape index (κ1) is 8.86. The van der Waals surface area contributed by atoms with Crippen LogP contribution in [0, 0.1) is 0 Å². The molecule has 0 radical (unpaired) electrons. The molecule has 0 unspecified atom stereocenters. The van der Waals surface area contributed by atoms with E-state index < -0.39 is 5.97 Å². The van der Waals surface area contributed by atoms with Gasteiger partial charge in [0.15, 0.2) is 6.29 Å². The zero-order valence-corrected chi connectivity index (χ0v) is 7.41. The third-order valence-corrected chi connectivity index (χ3v) is 1.86. The van der Waals surface area contributed by atoms with Crippen molar-refractivity contribution in [3.8, 4) is 0 Å². The van der Waals surface area contributed by atoms with Gasteiger partial charge in [0.2, 0.25) is 0 Å². The van der Waals surface area contributed by atoms with E-state index in [-0.39, 0.29) is 11.3 Å². The average molecular weight is 230 g/mol. The first-order chi connectivity index (χ1) is 5.65. The number of aromatic nitrogens is 1. The van der Waals surface area contributed by atoms with E-state index in [1.54, 1.807) is 0 Å². The lowest BCUT2D eigenvalue weighted by molar-refractivity contribution is 0.0695. The third-order valence-electron chi connectivity index (χ3n) is 1.23. The first-order valence-electron chi connectivity index (χ1n) is 2.99. The molecule has 0 atom stereocenters. The summed E-state index contributed by atoms with van der Waals surface area (Å²) in [5.41, 5.74) is 0.141.